The van der Waals surface area contributed by atoms with Crippen molar-refractivity contribution in [3.8, 4) is 50.9 Å². The van der Waals surface area contributed by atoms with Crippen LogP contribution in [0.1, 0.15) is 78.0 Å². The molecule has 0 saturated heterocycles. The highest BCUT2D eigenvalue weighted by atomic mass is 28.3. The van der Waals surface area contributed by atoms with Crippen LogP contribution in [-0.4, -0.2) is 30.3 Å². The third-order valence-electron chi connectivity index (χ3n) is 22.1. The number of hydrogen-bond acceptors (Lipinski definition) is 2. The zero-order valence-corrected chi connectivity index (χ0v) is 61.5. The molecule has 5 nitrogen and oxygen atoms in total. The second-order valence-corrected chi connectivity index (χ2v) is 37.9. The predicted octanol–water partition coefficient (Wildman–Crippen LogP) is 17.7. The number of ether oxygens (including phenoxy) is 1. The Morgan fingerprint density at radius 1 is 0.388 bits per heavy atom. The fraction of sp³-hybridized carbons (Fsp3) is 0.125. The molecule has 3 heterocycles. The lowest BCUT2D eigenvalue weighted by atomic mass is 9.63. The van der Waals surface area contributed by atoms with Crippen molar-refractivity contribution >= 4 is 90.5 Å². The Bertz CT molecular complexity index is 5440. The first kappa shape index (κ1) is 64.9. The second-order valence-electron chi connectivity index (χ2n) is 30.3. The molecule has 0 atom stereocenters. The third kappa shape index (κ3) is 11.2. The lowest BCUT2D eigenvalue weighted by Crippen LogP contribution is -2.74. The summed E-state index contributed by atoms with van der Waals surface area (Å²) in [5, 5.41) is 12.9. The van der Waals surface area contributed by atoms with Gasteiger partial charge in [-0.05, 0) is 170 Å². The number of hydrogen-bond donors (Lipinski definition) is 0. The number of aromatic nitrogens is 4. The molecular weight excluding hydrogens is 1280 g/mol. The first-order valence-corrected chi connectivity index (χ1v) is 40.2. The number of rotatable bonds is 15. The number of pyridine rings is 1. The van der Waals surface area contributed by atoms with Crippen LogP contribution in [0.4, 0.5) is 0 Å². The fourth-order valence-electron chi connectivity index (χ4n) is 16.8. The third-order valence-corrected chi connectivity index (χ3v) is 31.7. The average Bonchev–Trinajstić information content (AvgIpc) is 1.72. The number of benzene rings is 13. The average molecular weight is 1360 g/mol. The highest BCUT2D eigenvalue weighted by Gasteiger charge is 2.44. The van der Waals surface area contributed by atoms with E-state index in [1.807, 2.05) is 6.20 Å². The highest BCUT2D eigenvalue weighted by molar-refractivity contribution is 7.20. The zero-order chi connectivity index (χ0) is 70.1. The molecule has 0 spiro atoms. The Morgan fingerprint density at radius 3 is 1.33 bits per heavy atom. The molecule has 16 aromatic rings. The van der Waals surface area contributed by atoms with E-state index in [4.69, 9.17) is 9.72 Å². The minimum Gasteiger partial charge on any atom is -0.458 e. The minimum atomic E-state index is -3.01. The van der Waals surface area contributed by atoms with Crippen molar-refractivity contribution in [3.05, 3.63) is 369 Å². The van der Waals surface area contributed by atoms with Gasteiger partial charge in [0.15, 0.2) is 16.1 Å². The Morgan fingerprint density at radius 2 is 0.825 bits per heavy atom. The summed E-state index contributed by atoms with van der Waals surface area (Å²) in [6, 6.07) is 127. The SMILES string of the molecule is CC(C)(C)c1ccnc(-n2c3ccccc3c3ccc(Oc4cccc(-n5[c-][n+](-c6c(-c7cccc([Si](c8ccccc8)(c8ccccc8)c8ccccc8)c7)cccc6-c6cccc([Si](c7ccccc7)(c7ccccc7)c7ccccc7)c6)c6cc7c(cc65)C(C)(C)CCC7(C)C)c4)cc32)c1. The highest BCUT2D eigenvalue weighted by Crippen LogP contribution is 2.48. The summed E-state index contributed by atoms with van der Waals surface area (Å²) in [6.07, 6.45) is 8.31. The second kappa shape index (κ2) is 25.8. The van der Waals surface area contributed by atoms with Gasteiger partial charge in [-0.1, -0.05) is 321 Å². The van der Waals surface area contributed by atoms with Gasteiger partial charge in [-0.2, -0.15) is 0 Å². The van der Waals surface area contributed by atoms with E-state index in [9.17, 15) is 0 Å². The van der Waals surface area contributed by atoms with Crippen molar-refractivity contribution in [2.45, 2.75) is 77.6 Å². The maximum absolute atomic E-state index is 7.13. The van der Waals surface area contributed by atoms with Gasteiger partial charge in [0.1, 0.15) is 17.3 Å². The summed E-state index contributed by atoms with van der Waals surface area (Å²) < 4.78 is 14.1. The van der Waals surface area contributed by atoms with E-state index in [1.54, 1.807) is 0 Å². The van der Waals surface area contributed by atoms with Gasteiger partial charge in [-0.15, -0.1) is 0 Å². The number of para-hydroxylation sites is 2. The molecule has 0 radical (unpaired) electrons. The maximum Gasteiger partial charge on any atom is 0.269 e. The molecule has 0 bridgehead atoms. The molecule has 103 heavy (non-hydrogen) atoms. The smallest absolute Gasteiger partial charge is 0.269 e. The van der Waals surface area contributed by atoms with Gasteiger partial charge in [0, 0.05) is 23.0 Å². The van der Waals surface area contributed by atoms with Crippen LogP contribution in [0.5, 0.6) is 11.5 Å². The van der Waals surface area contributed by atoms with Crippen molar-refractivity contribution in [3.63, 3.8) is 0 Å². The zero-order valence-electron chi connectivity index (χ0n) is 59.5. The van der Waals surface area contributed by atoms with Crippen molar-refractivity contribution in [2.24, 2.45) is 0 Å². The Balaban J connectivity index is 0.913. The van der Waals surface area contributed by atoms with E-state index < -0.39 is 16.1 Å². The quantitative estimate of drug-likeness (QED) is 0.0444. The molecule has 3 aromatic heterocycles. The van der Waals surface area contributed by atoms with Gasteiger partial charge in [0.2, 0.25) is 0 Å². The van der Waals surface area contributed by atoms with E-state index in [0.717, 1.165) is 85.5 Å². The summed E-state index contributed by atoms with van der Waals surface area (Å²) in [5.41, 5.74) is 14.4. The molecule has 0 unspecified atom stereocenters. The van der Waals surface area contributed by atoms with Crippen LogP contribution >= 0.6 is 0 Å². The monoisotopic (exact) mass is 1360 g/mol. The Labute approximate surface area is 607 Å². The van der Waals surface area contributed by atoms with Gasteiger partial charge < -0.3 is 4.74 Å². The number of nitrogens with zero attached hydrogens (tertiary/aromatic N) is 4. The van der Waals surface area contributed by atoms with E-state index in [0.29, 0.717) is 5.75 Å². The molecule has 7 heteroatoms. The van der Waals surface area contributed by atoms with Crippen LogP contribution in [-0.2, 0) is 16.2 Å². The molecule has 0 fully saturated rings. The molecular formula is C96H82N4OSi2. The molecule has 0 amide bonds. The van der Waals surface area contributed by atoms with Crippen LogP contribution in [0.3, 0.4) is 0 Å². The van der Waals surface area contributed by atoms with Gasteiger partial charge >= 0.3 is 0 Å². The summed E-state index contributed by atoms with van der Waals surface area (Å²) in [6.45, 7) is 16.5. The Hall–Kier alpha value is -11.5. The Kier molecular flexibility index (Phi) is 16.3. The van der Waals surface area contributed by atoms with E-state index >= 15 is 0 Å². The van der Waals surface area contributed by atoms with Gasteiger partial charge in [0.25, 0.3) is 6.33 Å². The molecule has 1 aliphatic rings. The molecule has 0 aliphatic heterocycles. The molecule has 0 N–H and O–H groups in total. The van der Waals surface area contributed by atoms with Crippen LogP contribution in [0.2, 0.25) is 0 Å². The van der Waals surface area contributed by atoms with Crippen LogP contribution in [0.25, 0.3) is 72.3 Å². The molecule has 500 valence electrons. The van der Waals surface area contributed by atoms with Crippen LogP contribution in [0, 0.1) is 6.33 Å². The van der Waals surface area contributed by atoms with Crippen molar-refractivity contribution in [2.75, 3.05) is 0 Å². The first-order valence-electron chi connectivity index (χ1n) is 36.2. The van der Waals surface area contributed by atoms with Crippen LogP contribution in [0.15, 0.2) is 346 Å². The largest absolute Gasteiger partial charge is 0.458 e. The lowest BCUT2D eigenvalue weighted by Gasteiger charge is -2.42. The van der Waals surface area contributed by atoms with E-state index in [2.05, 4.69) is 408 Å². The van der Waals surface area contributed by atoms with Crippen molar-refractivity contribution in [1.82, 2.24) is 14.1 Å². The van der Waals surface area contributed by atoms with E-state index in [1.165, 1.54) is 63.6 Å². The summed E-state index contributed by atoms with van der Waals surface area (Å²) in [5.74, 6) is 2.33. The normalized spacial score (nSPS) is 13.7. The molecule has 0 saturated carbocycles. The van der Waals surface area contributed by atoms with Gasteiger partial charge in [-0.25, -0.2) is 4.98 Å². The minimum absolute atomic E-state index is 0.0556. The first-order chi connectivity index (χ1) is 50.2. The topological polar surface area (TPSA) is 35.9 Å². The van der Waals surface area contributed by atoms with Crippen molar-refractivity contribution in [1.29, 1.82) is 0 Å². The van der Waals surface area contributed by atoms with Crippen LogP contribution < -0.4 is 50.8 Å². The summed E-state index contributed by atoms with van der Waals surface area (Å²) in [4.78, 5) is 5.00. The molecule has 13 aromatic carbocycles. The summed E-state index contributed by atoms with van der Waals surface area (Å²) in [7, 11) is -6.01. The van der Waals surface area contributed by atoms with Crippen molar-refractivity contribution < 1.29 is 9.30 Å². The summed E-state index contributed by atoms with van der Waals surface area (Å²) >= 11 is 0. The molecule has 17 rings (SSSR count). The van der Waals surface area contributed by atoms with Gasteiger partial charge in [0.05, 0.1) is 33.4 Å². The maximum atomic E-state index is 7.13. The van der Waals surface area contributed by atoms with E-state index in [-0.39, 0.29) is 16.2 Å². The fourth-order valence-corrected chi connectivity index (χ4v) is 26.4. The predicted molar refractivity (Wildman–Crippen MR) is 434 cm³/mol. The number of fused-ring (bicyclic) bond motifs is 5. The van der Waals surface area contributed by atoms with Gasteiger partial charge in [-0.3, -0.25) is 13.7 Å². The standard InChI is InChI=1S/C96H82N4OSi2/c1-94(2,3)70-56-59-97-92(62-70)100-88-53-27-26-50-84(88)85-55-54-73(64-89(85)100)101-72-35-30-34-71(63-72)98-67-99(91-66-87-86(65-90(91)98)95(4,5)57-58-96(87,6)7)93-82(68-32-28-48-80(60-68)102(74-36-14-8-15-37-74,75-38-16-9-17-39-75)76-40-18-10-19-41-76)51-31-52-83(93)69-33-29-49-81(61-69)103(77-42-20-11-21-43-77,78-44-22-12-23-45-78)79-46-24-13-25-47-79/h8-56,59-66H,57-58H2,1-7H3. The number of imidazole rings is 1. The lowest BCUT2D eigenvalue weighted by molar-refractivity contribution is -0.571. The molecule has 1 aliphatic carbocycles.